The molecule has 1 aliphatic carbocycles. The van der Waals surface area contributed by atoms with Gasteiger partial charge in [0.1, 0.15) is 5.54 Å². The van der Waals surface area contributed by atoms with Gasteiger partial charge in [-0.3, -0.25) is 9.69 Å². The Hall–Kier alpha value is -0.850. The lowest BCUT2D eigenvalue weighted by atomic mass is 9.78. The smallest absolute Gasteiger partial charge is 0.325 e. The molecule has 3 aliphatic rings. The van der Waals surface area contributed by atoms with Crippen LogP contribution in [0.15, 0.2) is 0 Å². The quantitative estimate of drug-likeness (QED) is 0.750. The lowest BCUT2D eigenvalue weighted by molar-refractivity contribution is -0.130. The minimum Gasteiger partial charge on any atom is -0.327 e. The standard InChI is InChI=1S/C15H26N4O2.ClH/c1-15(2)13(20)19(14(21)17-15)7-6-18-8-10-4-3-5-12(16)11(10)9-18;/h10-12H,3-9,16H2,1-2H3,(H,17,21);1H. The Kier molecular flexibility index (Phi) is 5.04. The maximum Gasteiger partial charge on any atom is 0.325 e. The van der Waals surface area contributed by atoms with Gasteiger partial charge in [0.15, 0.2) is 0 Å². The van der Waals surface area contributed by atoms with E-state index in [0.29, 0.717) is 24.4 Å². The van der Waals surface area contributed by atoms with Crippen LogP contribution in [0.2, 0.25) is 0 Å². The van der Waals surface area contributed by atoms with Crippen LogP contribution in [0, 0.1) is 11.8 Å². The zero-order valence-electron chi connectivity index (χ0n) is 13.4. The minimum absolute atomic E-state index is 0. The monoisotopic (exact) mass is 330 g/mol. The van der Waals surface area contributed by atoms with Crippen LogP contribution >= 0.6 is 12.4 Å². The molecule has 3 rings (SSSR count). The summed E-state index contributed by atoms with van der Waals surface area (Å²) in [6.07, 6.45) is 3.64. The molecule has 2 heterocycles. The molecule has 2 aliphatic heterocycles. The number of fused-ring (bicyclic) bond motifs is 1. The summed E-state index contributed by atoms with van der Waals surface area (Å²) >= 11 is 0. The highest BCUT2D eigenvalue weighted by Gasteiger charge is 2.44. The second-order valence-electron chi connectivity index (χ2n) is 7.29. The van der Waals surface area contributed by atoms with Crippen LogP contribution in [0.25, 0.3) is 0 Å². The number of nitrogens with zero attached hydrogens (tertiary/aromatic N) is 2. The Bertz CT molecular complexity index is 457. The van der Waals surface area contributed by atoms with E-state index in [4.69, 9.17) is 5.73 Å². The molecule has 0 radical (unpaired) electrons. The third-order valence-corrected chi connectivity index (χ3v) is 5.31. The number of urea groups is 1. The molecule has 7 heteroatoms. The maximum atomic E-state index is 12.1. The molecule has 3 amide bonds. The molecule has 6 nitrogen and oxygen atoms in total. The van der Waals surface area contributed by atoms with E-state index < -0.39 is 5.54 Å². The molecule has 0 aromatic heterocycles. The van der Waals surface area contributed by atoms with Crippen LogP contribution in [0.4, 0.5) is 4.79 Å². The van der Waals surface area contributed by atoms with Crippen molar-refractivity contribution in [3.8, 4) is 0 Å². The van der Waals surface area contributed by atoms with Gasteiger partial charge < -0.3 is 16.0 Å². The average Bonchev–Trinajstić information content (AvgIpc) is 2.89. The van der Waals surface area contributed by atoms with E-state index in [0.717, 1.165) is 26.1 Å². The summed E-state index contributed by atoms with van der Waals surface area (Å²) in [5, 5.41) is 2.72. The summed E-state index contributed by atoms with van der Waals surface area (Å²) in [7, 11) is 0. The summed E-state index contributed by atoms with van der Waals surface area (Å²) in [6.45, 7) is 6.80. The average molecular weight is 331 g/mol. The van der Waals surface area contributed by atoms with Gasteiger partial charge in [-0.05, 0) is 38.5 Å². The predicted molar refractivity (Wildman–Crippen MR) is 86.8 cm³/mol. The molecule has 22 heavy (non-hydrogen) atoms. The van der Waals surface area contributed by atoms with Crippen LogP contribution in [-0.4, -0.2) is 59.5 Å². The molecule has 3 fully saturated rings. The lowest BCUT2D eigenvalue weighted by Gasteiger charge is -2.29. The third kappa shape index (κ3) is 3.09. The van der Waals surface area contributed by atoms with Crippen LogP contribution in [0.1, 0.15) is 33.1 Å². The van der Waals surface area contributed by atoms with Crippen molar-refractivity contribution < 1.29 is 9.59 Å². The van der Waals surface area contributed by atoms with Gasteiger partial charge in [-0.2, -0.15) is 0 Å². The number of imide groups is 1. The molecule has 3 N–H and O–H groups in total. The van der Waals surface area contributed by atoms with Gasteiger partial charge in [0.25, 0.3) is 5.91 Å². The van der Waals surface area contributed by atoms with Gasteiger partial charge in [-0.15, -0.1) is 12.4 Å². The topological polar surface area (TPSA) is 78.7 Å². The Labute approximate surface area is 138 Å². The van der Waals surface area contributed by atoms with E-state index in [2.05, 4.69) is 10.2 Å². The first-order chi connectivity index (χ1) is 9.88. The van der Waals surface area contributed by atoms with Crippen molar-refractivity contribution in [3.63, 3.8) is 0 Å². The fourth-order valence-corrected chi connectivity index (χ4v) is 4.05. The second kappa shape index (κ2) is 6.34. The van der Waals surface area contributed by atoms with Gasteiger partial charge in [-0.25, -0.2) is 4.79 Å². The zero-order valence-corrected chi connectivity index (χ0v) is 14.2. The van der Waals surface area contributed by atoms with Crippen molar-refractivity contribution in [1.29, 1.82) is 0 Å². The van der Waals surface area contributed by atoms with E-state index in [1.807, 2.05) is 0 Å². The highest BCUT2D eigenvalue weighted by Crippen LogP contribution is 2.35. The molecule has 0 spiro atoms. The van der Waals surface area contributed by atoms with Gasteiger partial charge in [-0.1, -0.05) is 6.42 Å². The number of hydrogen-bond acceptors (Lipinski definition) is 4. The highest BCUT2D eigenvalue weighted by atomic mass is 35.5. The number of carbonyl (C=O) groups excluding carboxylic acids is 2. The first-order valence-corrected chi connectivity index (χ1v) is 8.00. The summed E-state index contributed by atoms with van der Waals surface area (Å²) < 4.78 is 0. The molecular formula is C15H27ClN4O2. The molecule has 1 saturated carbocycles. The van der Waals surface area contributed by atoms with Crippen LogP contribution in [-0.2, 0) is 4.79 Å². The minimum atomic E-state index is -0.765. The number of rotatable bonds is 3. The van der Waals surface area contributed by atoms with Crippen LogP contribution < -0.4 is 11.1 Å². The molecule has 0 bridgehead atoms. The molecule has 0 aromatic rings. The Morgan fingerprint density at radius 3 is 2.55 bits per heavy atom. The van der Waals surface area contributed by atoms with E-state index in [9.17, 15) is 9.59 Å². The van der Waals surface area contributed by atoms with Gasteiger partial charge in [0.05, 0.1) is 0 Å². The van der Waals surface area contributed by atoms with Crippen molar-refractivity contribution >= 4 is 24.3 Å². The molecule has 126 valence electrons. The summed E-state index contributed by atoms with van der Waals surface area (Å²) in [5.41, 5.74) is 5.46. The predicted octanol–water partition coefficient (Wildman–Crippen LogP) is 0.798. The third-order valence-electron chi connectivity index (χ3n) is 5.31. The molecule has 2 saturated heterocycles. The zero-order chi connectivity index (χ0) is 15.2. The SMILES string of the molecule is CC1(C)NC(=O)N(CCN2CC3CCCC(N)C3C2)C1=O.Cl. The highest BCUT2D eigenvalue weighted by molar-refractivity contribution is 6.06. The number of nitrogens with one attached hydrogen (secondary N) is 1. The van der Waals surface area contributed by atoms with Crippen molar-refractivity contribution in [2.45, 2.75) is 44.7 Å². The normalized spacial score (nSPS) is 34.3. The number of hydrogen-bond donors (Lipinski definition) is 2. The van der Waals surface area contributed by atoms with Crippen LogP contribution in [0.3, 0.4) is 0 Å². The van der Waals surface area contributed by atoms with E-state index in [1.165, 1.54) is 17.7 Å². The molecule has 0 aromatic carbocycles. The molecule has 3 unspecified atom stereocenters. The number of nitrogens with two attached hydrogens (primary N) is 1. The van der Waals surface area contributed by atoms with E-state index in [-0.39, 0.29) is 24.3 Å². The fraction of sp³-hybridized carbons (Fsp3) is 0.867. The van der Waals surface area contributed by atoms with Crippen molar-refractivity contribution in [2.75, 3.05) is 26.2 Å². The van der Waals surface area contributed by atoms with Gasteiger partial charge >= 0.3 is 6.03 Å². The van der Waals surface area contributed by atoms with Crippen molar-refractivity contribution in [3.05, 3.63) is 0 Å². The molecular weight excluding hydrogens is 304 g/mol. The Morgan fingerprint density at radius 2 is 1.95 bits per heavy atom. The summed E-state index contributed by atoms with van der Waals surface area (Å²) in [4.78, 5) is 27.7. The number of halogens is 1. The largest absolute Gasteiger partial charge is 0.327 e. The van der Waals surface area contributed by atoms with Crippen molar-refractivity contribution in [2.24, 2.45) is 17.6 Å². The fourth-order valence-electron chi connectivity index (χ4n) is 4.05. The Balaban J connectivity index is 0.00000176. The lowest BCUT2D eigenvalue weighted by Crippen LogP contribution is -2.42. The van der Waals surface area contributed by atoms with Crippen molar-refractivity contribution in [1.82, 2.24) is 15.1 Å². The molecule has 3 atom stereocenters. The number of likely N-dealkylation sites (tertiary alicyclic amines) is 1. The Morgan fingerprint density at radius 1 is 1.23 bits per heavy atom. The van der Waals surface area contributed by atoms with E-state index >= 15 is 0 Å². The van der Waals surface area contributed by atoms with Gasteiger partial charge in [0, 0.05) is 32.2 Å². The second-order valence-corrected chi connectivity index (χ2v) is 7.29. The van der Waals surface area contributed by atoms with Crippen LogP contribution in [0.5, 0.6) is 0 Å². The first-order valence-electron chi connectivity index (χ1n) is 8.00. The van der Waals surface area contributed by atoms with Gasteiger partial charge in [0.2, 0.25) is 0 Å². The summed E-state index contributed by atoms with van der Waals surface area (Å²) in [6, 6.07) is 0.0581. The number of carbonyl (C=O) groups is 2. The number of amides is 3. The first kappa shape index (κ1) is 17.5. The summed E-state index contributed by atoms with van der Waals surface area (Å²) in [5.74, 6) is 1.17. The maximum absolute atomic E-state index is 12.1. The van der Waals surface area contributed by atoms with E-state index in [1.54, 1.807) is 13.8 Å².